The fraction of sp³-hybridized carbons (Fsp3) is 0.294. The van der Waals surface area contributed by atoms with Gasteiger partial charge in [-0.15, -0.1) is 0 Å². The molecule has 1 heterocycles. The van der Waals surface area contributed by atoms with Crippen molar-refractivity contribution in [1.82, 2.24) is 15.5 Å². The van der Waals surface area contributed by atoms with E-state index < -0.39 is 29.2 Å². The lowest BCUT2D eigenvalue weighted by Crippen LogP contribution is -2.40. The first kappa shape index (κ1) is 17.8. The number of halogens is 3. The third-order valence-corrected chi connectivity index (χ3v) is 4.17. The molecule has 1 aromatic heterocycles. The Bertz CT molecular complexity index is 904. The number of nitrogens with one attached hydrogen (secondary N) is 2. The Labute approximate surface area is 145 Å². The number of carbonyl (C=O) groups is 2. The molecule has 1 aliphatic carbocycles. The molecule has 2 aromatic rings. The van der Waals surface area contributed by atoms with Crippen molar-refractivity contribution in [2.24, 2.45) is 0 Å². The normalized spacial score (nSPS) is 17.3. The SMILES string of the molecule is O=C(N[C@H]1CCCC1=O)c1cc(-c2ccc(C(F)(F)F)cc2)n[nH]c1=O. The number of alkyl halides is 3. The summed E-state index contributed by atoms with van der Waals surface area (Å²) in [7, 11) is 0. The summed E-state index contributed by atoms with van der Waals surface area (Å²) < 4.78 is 37.9. The Hall–Kier alpha value is -2.97. The van der Waals surface area contributed by atoms with Crippen LogP contribution in [0.4, 0.5) is 13.2 Å². The topological polar surface area (TPSA) is 91.9 Å². The lowest BCUT2D eigenvalue weighted by atomic mass is 10.1. The van der Waals surface area contributed by atoms with Gasteiger partial charge in [-0.2, -0.15) is 18.3 Å². The predicted octanol–water partition coefficient (Wildman–Crippen LogP) is 2.31. The molecule has 0 saturated heterocycles. The van der Waals surface area contributed by atoms with Crippen LogP contribution < -0.4 is 10.9 Å². The second kappa shape index (κ2) is 6.74. The summed E-state index contributed by atoms with van der Waals surface area (Å²) in [6.07, 6.45) is -2.89. The minimum absolute atomic E-state index is 0.0909. The fourth-order valence-corrected chi connectivity index (χ4v) is 2.76. The van der Waals surface area contributed by atoms with Crippen molar-refractivity contribution in [3.63, 3.8) is 0 Å². The van der Waals surface area contributed by atoms with Gasteiger partial charge in [-0.25, -0.2) is 5.10 Å². The van der Waals surface area contributed by atoms with Crippen molar-refractivity contribution < 1.29 is 22.8 Å². The number of benzene rings is 1. The van der Waals surface area contributed by atoms with E-state index in [4.69, 9.17) is 0 Å². The Kier molecular flexibility index (Phi) is 4.62. The number of H-pyrrole nitrogens is 1. The van der Waals surface area contributed by atoms with E-state index in [0.717, 1.165) is 12.1 Å². The van der Waals surface area contributed by atoms with Gasteiger partial charge < -0.3 is 5.32 Å². The Morgan fingerprint density at radius 1 is 1.19 bits per heavy atom. The van der Waals surface area contributed by atoms with Crippen LogP contribution in [0, 0.1) is 0 Å². The Morgan fingerprint density at radius 2 is 1.88 bits per heavy atom. The average molecular weight is 365 g/mol. The number of aromatic amines is 1. The van der Waals surface area contributed by atoms with Gasteiger partial charge in [-0.3, -0.25) is 14.4 Å². The first-order chi connectivity index (χ1) is 12.3. The molecule has 26 heavy (non-hydrogen) atoms. The van der Waals surface area contributed by atoms with Gasteiger partial charge in [-0.1, -0.05) is 12.1 Å². The van der Waals surface area contributed by atoms with E-state index in [1.54, 1.807) is 0 Å². The van der Waals surface area contributed by atoms with E-state index in [2.05, 4.69) is 15.5 Å². The highest BCUT2D eigenvalue weighted by Crippen LogP contribution is 2.30. The van der Waals surface area contributed by atoms with Crippen molar-refractivity contribution in [3.05, 3.63) is 51.8 Å². The number of amides is 1. The molecule has 0 spiro atoms. The first-order valence-corrected chi connectivity index (χ1v) is 7.86. The number of Topliss-reactive ketones (excluding diaryl/α,β-unsaturated/α-hetero) is 1. The molecule has 1 saturated carbocycles. The molecule has 136 valence electrons. The molecule has 9 heteroatoms. The highest BCUT2D eigenvalue weighted by Gasteiger charge is 2.30. The maximum Gasteiger partial charge on any atom is 0.416 e. The maximum absolute atomic E-state index is 12.6. The van der Waals surface area contributed by atoms with Crippen LogP contribution >= 0.6 is 0 Å². The molecular formula is C17H14F3N3O3. The summed E-state index contributed by atoms with van der Waals surface area (Å²) in [6.45, 7) is 0. The van der Waals surface area contributed by atoms with Crippen LogP contribution in [-0.4, -0.2) is 27.9 Å². The first-order valence-electron chi connectivity index (χ1n) is 7.86. The zero-order valence-corrected chi connectivity index (χ0v) is 13.4. The summed E-state index contributed by atoms with van der Waals surface area (Å²) in [5, 5.41) is 8.43. The molecule has 0 unspecified atom stereocenters. The van der Waals surface area contributed by atoms with Gasteiger partial charge >= 0.3 is 6.18 Å². The van der Waals surface area contributed by atoms with Crippen molar-refractivity contribution >= 4 is 11.7 Å². The number of nitrogens with zero attached hydrogens (tertiary/aromatic N) is 1. The van der Waals surface area contributed by atoms with Gasteiger partial charge in [0.1, 0.15) is 5.56 Å². The molecule has 1 aliphatic rings. The minimum Gasteiger partial charge on any atom is -0.342 e. The summed E-state index contributed by atoms with van der Waals surface area (Å²) in [5.41, 5.74) is -1.37. The van der Waals surface area contributed by atoms with Crippen molar-refractivity contribution in [2.45, 2.75) is 31.5 Å². The molecule has 6 nitrogen and oxygen atoms in total. The molecular weight excluding hydrogens is 351 g/mol. The molecule has 1 aromatic carbocycles. The highest BCUT2D eigenvalue weighted by atomic mass is 19.4. The smallest absolute Gasteiger partial charge is 0.342 e. The number of hydrogen-bond donors (Lipinski definition) is 2. The molecule has 3 rings (SSSR count). The van der Waals surface area contributed by atoms with Gasteiger partial charge in [0.05, 0.1) is 17.3 Å². The summed E-state index contributed by atoms with van der Waals surface area (Å²) in [6, 6.07) is 4.75. The lowest BCUT2D eigenvalue weighted by molar-refractivity contribution is -0.137. The third kappa shape index (κ3) is 3.66. The number of carbonyl (C=O) groups excluding carboxylic acids is 2. The summed E-state index contributed by atoms with van der Waals surface area (Å²) >= 11 is 0. The molecule has 0 radical (unpaired) electrons. The van der Waals surface area contributed by atoms with Crippen LogP contribution in [-0.2, 0) is 11.0 Å². The van der Waals surface area contributed by atoms with E-state index in [1.807, 2.05) is 0 Å². The second-order valence-corrected chi connectivity index (χ2v) is 5.96. The molecule has 0 bridgehead atoms. The molecule has 2 N–H and O–H groups in total. The largest absolute Gasteiger partial charge is 0.416 e. The van der Waals surface area contributed by atoms with Crippen LogP contribution in [0.3, 0.4) is 0 Å². The third-order valence-electron chi connectivity index (χ3n) is 4.17. The van der Waals surface area contributed by atoms with Gasteiger partial charge in [0.15, 0.2) is 5.78 Å². The van der Waals surface area contributed by atoms with Crippen molar-refractivity contribution in [3.8, 4) is 11.3 Å². The standard InChI is InChI=1S/C17H14F3N3O3/c18-17(19,20)10-6-4-9(5-7-10)13-8-11(16(26)23-22-13)15(25)21-12-2-1-3-14(12)24/h4-8,12H,1-3H2,(H,21,25)(H,23,26)/t12-/m0/s1. The molecule has 1 atom stereocenters. The Balaban J connectivity index is 1.86. The van der Waals surface area contributed by atoms with E-state index in [9.17, 15) is 27.6 Å². The van der Waals surface area contributed by atoms with E-state index in [-0.39, 0.29) is 17.0 Å². The van der Waals surface area contributed by atoms with Crippen molar-refractivity contribution in [1.29, 1.82) is 0 Å². The number of hydrogen-bond acceptors (Lipinski definition) is 4. The lowest BCUT2D eigenvalue weighted by Gasteiger charge is -2.11. The van der Waals surface area contributed by atoms with E-state index >= 15 is 0 Å². The highest BCUT2D eigenvalue weighted by molar-refractivity contribution is 5.98. The average Bonchev–Trinajstić information content (AvgIpc) is 2.99. The predicted molar refractivity (Wildman–Crippen MR) is 85.4 cm³/mol. The van der Waals surface area contributed by atoms with Gasteiger partial charge in [0.25, 0.3) is 11.5 Å². The van der Waals surface area contributed by atoms with Crippen LogP contribution in [0.25, 0.3) is 11.3 Å². The zero-order valence-electron chi connectivity index (χ0n) is 13.4. The minimum atomic E-state index is -4.46. The quantitative estimate of drug-likeness (QED) is 0.873. The number of aromatic nitrogens is 2. The van der Waals surface area contributed by atoms with Crippen molar-refractivity contribution in [2.75, 3.05) is 0 Å². The maximum atomic E-state index is 12.6. The zero-order chi connectivity index (χ0) is 18.9. The van der Waals surface area contributed by atoms with Gasteiger partial charge in [-0.05, 0) is 31.0 Å². The summed E-state index contributed by atoms with van der Waals surface area (Å²) in [4.78, 5) is 35.8. The monoisotopic (exact) mass is 365 g/mol. The van der Waals surface area contributed by atoms with Crippen LogP contribution in [0.1, 0.15) is 35.2 Å². The molecule has 1 fully saturated rings. The van der Waals surface area contributed by atoms with E-state index in [0.29, 0.717) is 24.8 Å². The van der Waals surface area contributed by atoms with Crippen LogP contribution in [0.2, 0.25) is 0 Å². The number of ketones is 1. The second-order valence-electron chi connectivity index (χ2n) is 5.96. The molecule has 1 amide bonds. The fourth-order valence-electron chi connectivity index (χ4n) is 2.76. The summed E-state index contributed by atoms with van der Waals surface area (Å²) in [5.74, 6) is -0.811. The number of rotatable bonds is 3. The Morgan fingerprint density at radius 3 is 2.46 bits per heavy atom. The molecule has 0 aliphatic heterocycles. The van der Waals surface area contributed by atoms with Gasteiger partial charge in [0, 0.05) is 12.0 Å². The van der Waals surface area contributed by atoms with Crippen LogP contribution in [0.15, 0.2) is 35.1 Å². The van der Waals surface area contributed by atoms with Gasteiger partial charge in [0.2, 0.25) is 0 Å². The van der Waals surface area contributed by atoms with E-state index in [1.165, 1.54) is 18.2 Å². The van der Waals surface area contributed by atoms with Crippen LogP contribution in [0.5, 0.6) is 0 Å².